The average Bonchev–Trinajstić information content (AvgIpc) is 3.46. The van der Waals surface area contributed by atoms with Crippen LogP contribution < -0.4 is 11.1 Å². The fraction of sp³-hybridized carbons (Fsp3) is 0.182. The number of hydrogen-bond donors (Lipinski definition) is 2. The number of aromatic nitrogens is 6. The second-order valence-corrected chi connectivity index (χ2v) is 9.78. The summed E-state index contributed by atoms with van der Waals surface area (Å²) in [5, 5.41) is 12.6. The first-order valence-electron chi connectivity index (χ1n) is 10.8. The number of amides is 2. The molecule has 0 fully saturated rings. The van der Waals surface area contributed by atoms with Gasteiger partial charge in [-0.25, -0.2) is 9.67 Å². The van der Waals surface area contributed by atoms with Crippen molar-refractivity contribution in [3.8, 4) is 5.82 Å². The molecule has 4 rings (SSSR count). The number of carbonyl (C=O) groups is 2. The number of nitrogens with two attached hydrogens (primary N) is 1. The molecule has 0 aliphatic rings. The van der Waals surface area contributed by atoms with Crippen LogP contribution in [-0.4, -0.2) is 41.6 Å². The van der Waals surface area contributed by atoms with E-state index in [1.807, 2.05) is 22.6 Å². The van der Waals surface area contributed by atoms with Crippen LogP contribution in [0.2, 0.25) is 5.02 Å². The molecule has 0 aliphatic carbocycles. The minimum absolute atomic E-state index is 0.00000795. The highest BCUT2D eigenvalue weighted by atomic mass is 127. The van der Waals surface area contributed by atoms with Crippen LogP contribution in [0, 0.1) is 10.5 Å². The van der Waals surface area contributed by atoms with Crippen LogP contribution in [0.25, 0.3) is 5.82 Å². The summed E-state index contributed by atoms with van der Waals surface area (Å²) in [6.45, 7) is 0.828. The van der Waals surface area contributed by atoms with E-state index in [9.17, 15) is 35.9 Å². The first-order chi connectivity index (χ1) is 18.6. The lowest BCUT2D eigenvalue weighted by Gasteiger charge is -2.14. The minimum atomic E-state index is -5.43. The molecule has 0 atom stereocenters. The van der Waals surface area contributed by atoms with Gasteiger partial charge in [0.2, 0.25) is 0 Å². The smallest absolute Gasteiger partial charge is 0.366 e. The second kappa shape index (κ2) is 10.7. The Bertz CT molecular complexity index is 1600. The lowest BCUT2D eigenvalue weighted by molar-refractivity contribution is -0.165. The Balaban J connectivity index is 1.79. The highest BCUT2D eigenvalue weighted by Crippen LogP contribution is 2.38. The highest BCUT2D eigenvalue weighted by Gasteiger charge is 2.48. The molecule has 0 aliphatic heterocycles. The number of pyridine rings is 1. The molecule has 1 aromatic carbocycles. The first-order valence-corrected chi connectivity index (χ1v) is 12.2. The van der Waals surface area contributed by atoms with E-state index in [0.717, 1.165) is 10.7 Å². The summed E-state index contributed by atoms with van der Waals surface area (Å²) in [5.41, 5.74) is 1.09. The monoisotopic (exact) mass is 698 g/mol. The van der Waals surface area contributed by atoms with E-state index >= 15 is 0 Å². The van der Waals surface area contributed by atoms with Gasteiger partial charge in [0, 0.05) is 9.77 Å². The van der Waals surface area contributed by atoms with Crippen LogP contribution in [0.3, 0.4) is 0 Å². The van der Waals surface area contributed by atoms with Crippen molar-refractivity contribution < 1.29 is 35.9 Å². The quantitative estimate of drug-likeness (QED) is 0.218. The Morgan fingerprint density at radius 3 is 2.23 bits per heavy atom. The number of halogens is 8. The number of nitrogens with one attached hydrogen (secondary N) is 1. The van der Waals surface area contributed by atoms with Gasteiger partial charge in [-0.3, -0.25) is 9.59 Å². The Kier molecular flexibility index (Phi) is 7.81. The van der Waals surface area contributed by atoms with Crippen molar-refractivity contribution in [2.75, 3.05) is 5.32 Å². The van der Waals surface area contributed by atoms with Crippen molar-refractivity contribution >= 4 is 51.7 Å². The summed E-state index contributed by atoms with van der Waals surface area (Å²) in [5.74, 6) is -1.77. The molecule has 10 nitrogen and oxygen atoms in total. The summed E-state index contributed by atoms with van der Waals surface area (Å²) >= 11 is 8.16. The van der Waals surface area contributed by atoms with Gasteiger partial charge in [0.05, 0.1) is 22.0 Å². The van der Waals surface area contributed by atoms with Crippen molar-refractivity contribution in [2.45, 2.75) is 25.8 Å². The molecule has 3 aromatic heterocycles. The molecule has 3 N–H and O–H groups in total. The van der Waals surface area contributed by atoms with Gasteiger partial charge in [0.15, 0.2) is 17.2 Å². The van der Waals surface area contributed by atoms with Crippen molar-refractivity contribution in [1.29, 1.82) is 0 Å². The predicted molar refractivity (Wildman–Crippen MR) is 136 cm³/mol. The summed E-state index contributed by atoms with van der Waals surface area (Å²) in [6.07, 6.45) is -9.55. The molecular weight excluding hydrogens is 685 g/mol. The number of carbonyl (C=O) groups excluding carboxylic acids is 2. The zero-order chi connectivity index (χ0) is 29.6. The summed E-state index contributed by atoms with van der Waals surface area (Å²) < 4.78 is 80.7. The molecule has 2 amide bonds. The number of hydrogen-bond acceptors (Lipinski definition) is 6. The number of primary amides is 1. The fourth-order valence-corrected chi connectivity index (χ4v) is 4.57. The van der Waals surface area contributed by atoms with E-state index < -0.39 is 42.1 Å². The van der Waals surface area contributed by atoms with Crippen LogP contribution in [0.15, 0.2) is 36.5 Å². The van der Waals surface area contributed by atoms with E-state index in [4.69, 9.17) is 17.3 Å². The number of aryl methyl sites for hydroxylation is 1. The molecule has 4 aromatic rings. The molecule has 0 bridgehead atoms. The SMILES string of the molecule is Cc1cc(I)cc(C(N)=O)c1NC(=O)c1cc(Cn2nc(C(F)(F)F)c(C(F)(F)F)n2)nn1-c1ncccc1Cl. The number of rotatable bonds is 6. The zero-order valence-electron chi connectivity index (χ0n) is 19.8. The number of alkyl halides is 6. The van der Waals surface area contributed by atoms with Gasteiger partial charge in [0.1, 0.15) is 12.2 Å². The molecule has 3 heterocycles. The molecule has 40 heavy (non-hydrogen) atoms. The molecule has 18 heteroatoms. The zero-order valence-corrected chi connectivity index (χ0v) is 22.7. The van der Waals surface area contributed by atoms with Crippen molar-refractivity contribution in [3.63, 3.8) is 0 Å². The van der Waals surface area contributed by atoms with E-state index in [-0.39, 0.29) is 38.3 Å². The van der Waals surface area contributed by atoms with Crippen LogP contribution in [-0.2, 0) is 18.9 Å². The van der Waals surface area contributed by atoms with E-state index in [1.165, 1.54) is 24.4 Å². The maximum Gasteiger partial charge on any atom is 0.437 e. The maximum atomic E-state index is 13.4. The summed E-state index contributed by atoms with van der Waals surface area (Å²) in [6, 6.07) is 7.09. The standard InChI is InChI=1S/C22H14ClF6IN8O2/c1-9-5-10(30)6-12(18(31)39)15(9)33-20(40)14-7-11(34-38(14)19-13(23)3-2-4-32-19)8-37-35-16(21(24,25)26)17(36-37)22(27,28)29/h2-7H,8H2,1H3,(H2,31,39)(H,33,40). The molecule has 0 spiro atoms. The molecule has 210 valence electrons. The predicted octanol–water partition coefficient (Wildman–Crippen LogP) is 4.86. The van der Waals surface area contributed by atoms with E-state index in [0.29, 0.717) is 9.13 Å². The van der Waals surface area contributed by atoms with Gasteiger partial charge in [0.25, 0.3) is 11.8 Å². The molecule has 0 radical (unpaired) electrons. The van der Waals surface area contributed by atoms with Gasteiger partial charge in [-0.1, -0.05) is 11.6 Å². The topological polar surface area (TPSA) is 134 Å². The Morgan fingerprint density at radius 2 is 1.68 bits per heavy atom. The summed E-state index contributed by atoms with van der Waals surface area (Å²) in [4.78, 5) is 29.6. The van der Waals surface area contributed by atoms with Crippen LogP contribution in [0.4, 0.5) is 32.0 Å². The van der Waals surface area contributed by atoms with Crippen molar-refractivity contribution in [3.05, 3.63) is 79.0 Å². The van der Waals surface area contributed by atoms with Gasteiger partial charge in [-0.05, 0) is 65.4 Å². The van der Waals surface area contributed by atoms with Crippen LogP contribution >= 0.6 is 34.2 Å². The molecular formula is C22H14ClF6IN8O2. The van der Waals surface area contributed by atoms with E-state index in [2.05, 4.69) is 25.6 Å². The number of anilines is 1. The van der Waals surface area contributed by atoms with Crippen molar-refractivity contribution in [1.82, 2.24) is 29.8 Å². The highest BCUT2D eigenvalue weighted by molar-refractivity contribution is 14.1. The van der Waals surface area contributed by atoms with E-state index in [1.54, 1.807) is 13.0 Å². The molecule has 0 unspecified atom stereocenters. The second-order valence-electron chi connectivity index (χ2n) is 8.13. The van der Waals surface area contributed by atoms with Crippen LogP contribution in [0.1, 0.15) is 43.5 Å². The maximum absolute atomic E-state index is 13.4. The minimum Gasteiger partial charge on any atom is -0.366 e. The third kappa shape index (κ3) is 6.03. The Morgan fingerprint density at radius 1 is 1.05 bits per heavy atom. The third-order valence-electron chi connectivity index (χ3n) is 5.23. The van der Waals surface area contributed by atoms with Gasteiger partial charge >= 0.3 is 12.4 Å². The fourth-order valence-electron chi connectivity index (χ4n) is 3.59. The number of benzene rings is 1. The van der Waals surface area contributed by atoms with Gasteiger partial charge in [-0.2, -0.15) is 36.2 Å². The van der Waals surface area contributed by atoms with Crippen molar-refractivity contribution in [2.24, 2.45) is 5.73 Å². The summed E-state index contributed by atoms with van der Waals surface area (Å²) in [7, 11) is 0. The molecule has 0 saturated heterocycles. The molecule has 0 saturated carbocycles. The third-order valence-corrected chi connectivity index (χ3v) is 6.15. The largest absolute Gasteiger partial charge is 0.437 e. The lowest BCUT2D eigenvalue weighted by Crippen LogP contribution is -2.22. The Hall–Kier alpha value is -3.74. The van der Waals surface area contributed by atoms with Crippen LogP contribution in [0.5, 0.6) is 0 Å². The normalized spacial score (nSPS) is 12.0. The van der Waals surface area contributed by atoms with Gasteiger partial charge < -0.3 is 11.1 Å². The lowest BCUT2D eigenvalue weighted by atomic mass is 10.1. The average molecular weight is 699 g/mol. The van der Waals surface area contributed by atoms with Gasteiger partial charge in [-0.15, -0.1) is 10.2 Å². The number of nitrogens with zero attached hydrogens (tertiary/aromatic N) is 6. The first kappa shape index (κ1) is 29.2. The Labute approximate surface area is 238 Å².